The first kappa shape index (κ1) is 19.3. The van der Waals surface area contributed by atoms with Crippen molar-refractivity contribution in [1.29, 1.82) is 0 Å². The first-order valence-corrected chi connectivity index (χ1v) is 7.65. The molecule has 1 aliphatic rings. The Kier molecular flexibility index (Phi) is 5.53. The summed E-state index contributed by atoms with van der Waals surface area (Å²) in [7, 11) is 0. The molecule has 8 nitrogen and oxygen atoms in total. The highest BCUT2D eigenvalue weighted by molar-refractivity contribution is 6.06. The van der Waals surface area contributed by atoms with Crippen LogP contribution in [0.3, 0.4) is 0 Å². The number of nitrogens with one attached hydrogen (secondary N) is 2. The fourth-order valence-electron chi connectivity index (χ4n) is 2.21. The Balaban J connectivity index is 1.76. The van der Waals surface area contributed by atoms with Crippen LogP contribution in [-0.2, 0) is 19.1 Å². The molecule has 140 valence electrons. The second-order valence-corrected chi connectivity index (χ2v) is 6.10. The van der Waals surface area contributed by atoms with Crippen molar-refractivity contribution in [3.63, 3.8) is 0 Å². The van der Waals surface area contributed by atoms with Crippen LogP contribution in [0.25, 0.3) is 0 Å². The molecule has 0 radical (unpaired) electrons. The molecule has 2 N–H and O–H groups in total. The Morgan fingerprint density at radius 2 is 1.92 bits per heavy atom. The molecule has 1 saturated heterocycles. The quantitative estimate of drug-likeness (QED) is 0.579. The number of amides is 4. The normalized spacial score (nSPS) is 15.6. The smallest absolute Gasteiger partial charge is 0.325 e. The number of urea groups is 1. The second-order valence-electron chi connectivity index (χ2n) is 6.10. The van der Waals surface area contributed by atoms with E-state index in [1.54, 1.807) is 0 Å². The number of anilines is 1. The van der Waals surface area contributed by atoms with Crippen molar-refractivity contribution in [2.75, 3.05) is 18.5 Å². The Morgan fingerprint density at radius 1 is 1.23 bits per heavy atom. The van der Waals surface area contributed by atoms with E-state index < -0.39 is 47.6 Å². The summed E-state index contributed by atoms with van der Waals surface area (Å²) in [5, 5.41) is 4.70. The molecule has 2 rings (SSSR count). The molecule has 0 aromatic heterocycles. The molecular formula is C16H17F2N3O5. The maximum atomic E-state index is 13.0. The van der Waals surface area contributed by atoms with Crippen LogP contribution in [0.4, 0.5) is 19.3 Å². The van der Waals surface area contributed by atoms with E-state index >= 15 is 0 Å². The van der Waals surface area contributed by atoms with Crippen molar-refractivity contribution in [2.45, 2.75) is 25.8 Å². The van der Waals surface area contributed by atoms with Gasteiger partial charge in [0, 0.05) is 18.3 Å². The number of esters is 1. The van der Waals surface area contributed by atoms with Crippen molar-refractivity contribution >= 4 is 29.5 Å². The predicted octanol–water partition coefficient (Wildman–Crippen LogP) is 1.17. The van der Waals surface area contributed by atoms with Crippen LogP contribution in [0, 0.1) is 11.6 Å². The van der Waals surface area contributed by atoms with Gasteiger partial charge in [-0.05, 0) is 26.0 Å². The first-order chi connectivity index (χ1) is 12.1. The lowest BCUT2D eigenvalue weighted by molar-refractivity contribution is -0.147. The van der Waals surface area contributed by atoms with Crippen molar-refractivity contribution in [3.8, 4) is 0 Å². The van der Waals surface area contributed by atoms with E-state index in [0.717, 1.165) is 23.1 Å². The molecule has 4 amide bonds. The number of carbonyl (C=O) groups is 4. The van der Waals surface area contributed by atoms with Gasteiger partial charge in [-0.3, -0.25) is 19.3 Å². The predicted molar refractivity (Wildman–Crippen MR) is 84.9 cm³/mol. The Bertz CT molecular complexity index is 766. The molecule has 0 spiro atoms. The van der Waals surface area contributed by atoms with Gasteiger partial charge < -0.3 is 15.4 Å². The van der Waals surface area contributed by atoms with Gasteiger partial charge in [0.1, 0.15) is 5.54 Å². The topological polar surface area (TPSA) is 105 Å². The highest BCUT2D eigenvalue weighted by atomic mass is 19.2. The van der Waals surface area contributed by atoms with Crippen LogP contribution in [0.1, 0.15) is 20.3 Å². The molecule has 1 aromatic rings. The summed E-state index contributed by atoms with van der Waals surface area (Å²) in [5.41, 5.74) is -1.03. The molecule has 0 bridgehead atoms. The number of nitrogens with zero attached hydrogens (tertiary/aromatic N) is 1. The second kappa shape index (κ2) is 7.46. The minimum Gasteiger partial charge on any atom is -0.456 e. The third kappa shape index (κ3) is 4.52. The molecule has 0 aliphatic carbocycles. The summed E-state index contributed by atoms with van der Waals surface area (Å²) in [6.45, 7) is 2.24. The van der Waals surface area contributed by atoms with Gasteiger partial charge in [0.15, 0.2) is 18.2 Å². The lowest BCUT2D eigenvalue weighted by Crippen LogP contribution is -2.40. The zero-order valence-corrected chi connectivity index (χ0v) is 14.1. The molecule has 1 aliphatic heterocycles. The van der Waals surface area contributed by atoms with Crippen LogP contribution >= 0.6 is 0 Å². The summed E-state index contributed by atoms with van der Waals surface area (Å²) in [5.74, 6) is -4.20. The molecule has 0 atom stereocenters. The average molecular weight is 369 g/mol. The van der Waals surface area contributed by atoms with E-state index in [2.05, 4.69) is 10.6 Å². The Hall–Kier alpha value is -3.04. The average Bonchev–Trinajstić information content (AvgIpc) is 2.75. The summed E-state index contributed by atoms with van der Waals surface area (Å²) in [6.07, 6.45) is -0.284. The number of ether oxygens (including phenoxy) is 1. The van der Waals surface area contributed by atoms with Crippen molar-refractivity contribution < 1.29 is 32.7 Å². The standard InChI is InChI=1S/C16H17F2N3O5/c1-16(2)14(24)21(15(25)20-16)6-5-13(23)26-8-12(22)19-9-3-4-10(17)11(18)7-9/h3-4,7H,5-6,8H2,1-2H3,(H,19,22)(H,20,25). The molecule has 1 fully saturated rings. The fraction of sp³-hybridized carbons (Fsp3) is 0.375. The van der Waals surface area contributed by atoms with E-state index in [1.807, 2.05) is 0 Å². The number of imide groups is 1. The molecule has 26 heavy (non-hydrogen) atoms. The van der Waals surface area contributed by atoms with Crippen LogP contribution < -0.4 is 10.6 Å². The van der Waals surface area contributed by atoms with Crippen molar-refractivity contribution in [1.82, 2.24) is 10.2 Å². The SMILES string of the molecule is CC1(C)NC(=O)N(CCC(=O)OCC(=O)Nc2ccc(F)c(F)c2)C1=O. The largest absolute Gasteiger partial charge is 0.456 e. The van der Waals surface area contributed by atoms with Gasteiger partial charge in [0.05, 0.1) is 6.42 Å². The van der Waals surface area contributed by atoms with Gasteiger partial charge in [-0.2, -0.15) is 0 Å². The molecule has 0 saturated carbocycles. The number of hydrogen-bond acceptors (Lipinski definition) is 5. The third-order valence-corrected chi connectivity index (χ3v) is 3.55. The summed E-state index contributed by atoms with van der Waals surface area (Å²) >= 11 is 0. The third-order valence-electron chi connectivity index (χ3n) is 3.55. The number of carbonyl (C=O) groups excluding carboxylic acids is 4. The number of halogens is 2. The Morgan fingerprint density at radius 3 is 2.50 bits per heavy atom. The van der Waals surface area contributed by atoms with E-state index in [4.69, 9.17) is 4.74 Å². The maximum Gasteiger partial charge on any atom is 0.325 e. The minimum atomic E-state index is -1.13. The maximum absolute atomic E-state index is 13.0. The van der Waals surface area contributed by atoms with Crippen molar-refractivity contribution in [2.24, 2.45) is 0 Å². The number of benzene rings is 1. The lowest BCUT2D eigenvalue weighted by Gasteiger charge is -2.15. The van der Waals surface area contributed by atoms with Crippen LogP contribution in [0.5, 0.6) is 0 Å². The van der Waals surface area contributed by atoms with Gasteiger partial charge in [-0.15, -0.1) is 0 Å². The number of hydrogen-bond donors (Lipinski definition) is 2. The zero-order valence-electron chi connectivity index (χ0n) is 14.1. The minimum absolute atomic E-state index is 0.00603. The highest BCUT2D eigenvalue weighted by Crippen LogP contribution is 2.17. The molecule has 0 unspecified atom stereocenters. The van der Waals surface area contributed by atoms with Crippen LogP contribution in [-0.4, -0.2) is 47.4 Å². The highest BCUT2D eigenvalue weighted by Gasteiger charge is 2.44. The van der Waals surface area contributed by atoms with E-state index in [-0.39, 0.29) is 18.7 Å². The van der Waals surface area contributed by atoms with Gasteiger partial charge in [0.25, 0.3) is 11.8 Å². The van der Waals surface area contributed by atoms with Gasteiger partial charge in [-0.25, -0.2) is 13.6 Å². The molecule has 1 heterocycles. The summed E-state index contributed by atoms with van der Waals surface area (Å²) in [6, 6.07) is 2.17. The van der Waals surface area contributed by atoms with E-state index in [1.165, 1.54) is 13.8 Å². The Labute approximate surface area is 147 Å². The van der Waals surface area contributed by atoms with E-state index in [9.17, 15) is 28.0 Å². The van der Waals surface area contributed by atoms with Crippen LogP contribution in [0.2, 0.25) is 0 Å². The summed E-state index contributed by atoms with van der Waals surface area (Å²) < 4.78 is 30.5. The fourth-order valence-corrected chi connectivity index (χ4v) is 2.21. The van der Waals surface area contributed by atoms with Crippen molar-refractivity contribution in [3.05, 3.63) is 29.8 Å². The monoisotopic (exact) mass is 369 g/mol. The summed E-state index contributed by atoms with van der Waals surface area (Å²) in [4.78, 5) is 47.8. The molecule has 1 aromatic carbocycles. The zero-order chi connectivity index (χ0) is 19.5. The molecule has 10 heteroatoms. The van der Waals surface area contributed by atoms with Gasteiger partial charge in [-0.1, -0.05) is 0 Å². The van der Waals surface area contributed by atoms with E-state index in [0.29, 0.717) is 0 Å². The van der Waals surface area contributed by atoms with Gasteiger partial charge >= 0.3 is 12.0 Å². The lowest BCUT2D eigenvalue weighted by atomic mass is 10.1. The number of rotatable bonds is 6. The first-order valence-electron chi connectivity index (χ1n) is 7.65. The molecular weight excluding hydrogens is 352 g/mol. The van der Waals surface area contributed by atoms with Gasteiger partial charge in [0.2, 0.25) is 0 Å². The van der Waals surface area contributed by atoms with Crippen LogP contribution in [0.15, 0.2) is 18.2 Å².